The molecule has 1 N–H and O–H groups in total. The summed E-state index contributed by atoms with van der Waals surface area (Å²) in [7, 11) is 0. The highest BCUT2D eigenvalue weighted by atomic mass is 35.5. The zero-order chi connectivity index (χ0) is 23.7. The molecule has 0 bridgehead atoms. The Balaban J connectivity index is 1.52. The minimum Gasteiger partial charge on any atom is -0.379 e. The number of pyridine rings is 1. The van der Waals surface area contributed by atoms with Crippen LogP contribution in [0, 0.1) is 13.8 Å². The maximum Gasteiger partial charge on any atom is 0.170 e. The second kappa shape index (κ2) is 10.0. The largest absolute Gasteiger partial charge is 0.379 e. The van der Waals surface area contributed by atoms with E-state index >= 15 is 0 Å². The Bertz CT molecular complexity index is 1160. The molecule has 2 aromatic heterocycles. The summed E-state index contributed by atoms with van der Waals surface area (Å²) in [6.07, 6.45) is 1.85. The number of hydrogen-bond donors (Lipinski definition) is 1. The summed E-state index contributed by atoms with van der Waals surface area (Å²) < 4.78 is 7.80. The van der Waals surface area contributed by atoms with Gasteiger partial charge in [0.15, 0.2) is 5.11 Å². The number of halogens is 1. The summed E-state index contributed by atoms with van der Waals surface area (Å²) in [4.78, 5) is 9.48. The van der Waals surface area contributed by atoms with E-state index in [1.54, 1.807) is 0 Å². The number of aromatic nitrogens is 2. The molecule has 0 unspecified atom stereocenters. The maximum absolute atomic E-state index is 6.32. The van der Waals surface area contributed by atoms with Crippen molar-refractivity contribution in [2.75, 3.05) is 39.4 Å². The second-order valence-electron chi connectivity index (χ2n) is 8.92. The molecular formula is C26H30ClN5OS. The molecule has 2 aliphatic rings. The fourth-order valence-electron chi connectivity index (χ4n) is 5.16. The lowest BCUT2D eigenvalue weighted by Crippen LogP contribution is -2.42. The molecule has 0 aliphatic carbocycles. The second-order valence-corrected chi connectivity index (χ2v) is 9.74. The highest BCUT2D eigenvalue weighted by Gasteiger charge is 2.41. The average Bonchev–Trinajstić information content (AvgIpc) is 3.33. The molecule has 2 saturated heterocycles. The fourth-order valence-corrected chi connectivity index (χ4v) is 5.67. The Hall–Kier alpha value is -2.45. The van der Waals surface area contributed by atoms with Crippen LogP contribution in [0.25, 0.3) is 5.69 Å². The fraction of sp³-hybridized carbons (Fsp3) is 0.385. The van der Waals surface area contributed by atoms with E-state index in [-0.39, 0.29) is 12.1 Å². The molecule has 2 aliphatic heterocycles. The maximum atomic E-state index is 6.32. The normalized spacial score (nSPS) is 21.1. The lowest BCUT2D eigenvalue weighted by Gasteiger charge is -2.32. The van der Waals surface area contributed by atoms with Gasteiger partial charge < -0.3 is 19.5 Å². The average molecular weight is 496 g/mol. The first kappa shape index (κ1) is 23.3. The van der Waals surface area contributed by atoms with Crippen LogP contribution in [0.4, 0.5) is 0 Å². The molecule has 6 nitrogen and oxygen atoms in total. The Morgan fingerprint density at radius 1 is 1.09 bits per heavy atom. The smallest absolute Gasteiger partial charge is 0.170 e. The van der Waals surface area contributed by atoms with E-state index in [9.17, 15) is 0 Å². The van der Waals surface area contributed by atoms with Crippen LogP contribution < -0.4 is 5.32 Å². The van der Waals surface area contributed by atoms with Gasteiger partial charge >= 0.3 is 0 Å². The Kier molecular flexibility index (Phi) is 6.88. The van der Waals surface area contributed by atoms with Gasteiger partial charge in [0.05, 0.1) is 31.0 Å². The molecule has 0 saturated carbocycles. The summed E-state index contributed by atoms with van der Waals surface area (Å²) in [5, 5.41) is 5.09. The van der Waals surface area contributed by atoms with E-state index < -0.39 is 0 Å². The van der Waals surface area contributed by atoms with Crippen molar-refractivity contribution in [3.05, 3.63) is 82.4 Å². The third-order valence-electron chi connectivity index (χ3n) is 6.81. The molecular weight excluding hydrogens is 466 g/mol. The van der Waals surface area contributed by atoms with Crippen molar-refractivity contribution in [3.8, 4) is 5.69 Å². The van der Waals surface area contributed by atoms with E-state index in [1.807, 2.05) is 36.5 Å². The summed E-state index contributed by atoms with van der Waals surface area (Å²) in [6.45, 7) is 9.64. The third-order valence-corrected chi connectivity index (χ3v) is 7.40. The molecule has 0 radical (unpaired) electrons. The lowest BCUT2D eigenvalue weighted by molar-refractivity contribution is 0.0350. The van der Waals surface area contributed by atoms with E-state index in [0.717, 1.165) is 60.9 Å². The van der Waals surface area contributed by atoms with E-state index in [0.29, 0.717) is 0 Å². The minimum absolute atomic E-state index is 0.0216. The zero-order valence-electron chi connectivity index (χ0n) is 19.6. The summed E-state index contributed by atoms with van der Waals surface area (Å²) >= 11 is 12.2. The quantitative estimate of drug-likeness (QED) is 0.510. The number of rotatable bonds is 6. The molecule has 2 fully saturated rings. The van der Waals surface area contributed by atoms with Crippen LogP contribution in [0.15, 0.2) is 54.7 Å². The van der Waals surface area contributed by atoms with Gasteiger partial charge in [-0.25, -0.2) is 0 Å². The predicted molar refractivity (Wildman–Crippen MR) is 140 cm³/mol. The number of benzene rings is 1. The summed E-state index contributed by atoms with van der Waals surface area (Å²) in [5.74, 6) is 0. The third kappa shape index (κ3) is 4.58. The molecule has 3 aromatic rings. The number of nitrogens with one attached hydrogen (secondary N) is 1. The molecule has 178 valence electrons. The standard InChI is InChI=1S/C26H30ClN5OS/c1-18-16-22(19(2)32(18)21-7-5-6-20(27)17-21)25-24(23-8-3-4-9-28-23)29-26(34)31(25)11-10-30-12-14-33-15-13-30/h3-9,16-17,24-25H,10-15H2,1-2H3,(H,29,34)/t24-,25-/m0/s1. The van der Waals surface area contributed by atoms with Crippen molar-refractivity contribution < 1.29 is 4.74 Å². The molecule has 2 atom stereocenters. The Morgan fingerprint density at radius 3 is 2.65 bits per heavy atom. The summed E-state index contributed by atoms with van der Waals surface area (Å²) in [6, 6.07) is 16.4. The Morgan fingerprint density at radius 2 is 1.91 bits per heavy atom. The van der Waals surface area contributed by atoms with E-state index in [2.05, 4.69) is 56.7 Å². The zero-order valence-corrected chi connectivity index (χ0v) is 21.1. The molecule has 34 heavy (non-hydrogen) atoms. The van der Waals surface area contributed by atoms with E-state index in [4.69, 9.17) is 28.6 Å². The number of morpholine rings is 1. The first-order valence-corrected chi connectivity index (χ1v) is 12.5. The van der Waals surface area contributed by atoms with Crippen LogP contribution in [0.1, 0.15) is 34.7 Å². The van der Waals surface area contributed by atoms with Crippen molar-refractivity contribution in [2.45, 2.75) is 25.9 Å². The topological polar surface area (TPSA) is 45.6 Å². The first-order chi connectivity index (χ1) is 16.5. The number of ether oxygens (including phenoxy) is 1. The number of nitrogens with zero attached hydrogens (tertiary/aromatic N) is 4. The first-order valence-electron chi connectivity index (χ1n) is 11.8. The molecule has 5 rings (SSSR count). The van der Waals surface area contributed by atoms with E-state index in [1.165, 1.54) is 17.0 Å². The number of thiocarbonyl (C=S) groups is 1. The van der Waals surface area contributed by atoms with Gasteiger partial charge in [-0.1, -0.05) is 23.7 Å². The molecule has 4 heterocycles. The molecule has 0 spiro atoms. The van der Waals surface area contributed by atoms with Crippen molar-refractivity contribution in [1.29, 1.82) is 0 Å². The van der Waals surface area contributed by atoms with Gasteiger partial charge in [0.25, 0.3) is 0 Å². The molecule has 0 amide bonds. The number of aryl methyl sites for hydroxylation is 1. The number of hydrogen-bond acceptors (Lipinski definition) is 4. The van der Waals surface area contributed by atoms with Crippen LogP contribution in [-0.4, -0.2) is 63.9 Å². The van der Waals surface area contributed by atoms with Gasteiger partial charge in [-0.05, 0) is 68.0 Å². The predicted octanol–water partition coefficient (Wildman–Crippen LogP) is 4.45. The van der Waals surface area contributed by atoms with Gasteiger partial charge in [0.2, 0.25) is 0 Å². The van der Waals surface area contributed by atoms with Gasteiger partial charge in [-0.15, -0.1) is 0 Å². The van der Waals surface area contributed by atoms with Crippen LogP contribution in [0.5, 0.6) is 0 Å². The molecule has 8 heteroatoms. The van der Waals surface area contributed by atoms with Crippen molar-refractivity contribution >= 4 is 28.9 Å². The van der Waals surface area contributed by atoms with Crippen molar-refractivity contribution in [1.82, 2.24) is 24.7 Å². The summed E-state index contributed by atoms with van der Waals surface area (Å²) in [5.41, 5.74) is 5.67. The SMILES string of the molecule is Cc1cc([C@H]2[C@H](c3ccccn3)NC(=S)N2CCN2CCOCC2)c(C)n1-c1cccc(Cl)c1. The monoisotopic (exact) mass is 495 g/mol. The van der Waals surface area contributed by atoms with Gasteiger partial charge in [-0.3, -0.25) is 9.88 Å². The Labute approximate surface area is 211 Å². The van der Waals surface area contributed by atoms with Crippen molar-refractivity contribution in [2.24, 2.45) is 0 Å². The van der Waals surface area contributed by atoms with Crippen LogP contribution >= 0.6 is 23.8 Å². The van der Waals surface area contributed by atoms with Gasteiger partial charge in [-0.2, -0.15) is 0 Å². The minimum atomic E-state index is -0.0216. The van der Waals surface area contributed by atoms with Gasteiger partial charge in [0.1, 0.15) is 0 Å². The highest BCUT2D eigenvalue weighted by molar-refractivity contribution is 7.80. The lowest BCUT2D eigenvalue weighted by atomic mass is 9.96. The van der Waals surface area contributed by atoms with Gasteiger partial charge in [0, 0.05) is 54.5 Å². The highest BCUT2D eigenvalue weighted by Crippen LogP contribution is 2.41. The van der Waals surface area contributed by atoms with Crippen LogP contribution in [0.2, 0.25) is 5.02 Å². The molecule has 1 aromatic carbocycles. The van der Waals surface area contributed by atoms with Crippen molar-refractivity contribution in [3.63, 3.8) is 0 Å². The van der Waals surface area contributed by atoms with Crippen LogP contribution in [-0.2, 0) is 4.74 Å². The van der Waals surface area contributed by atoms with Crippen LogP contribution in [0.3, 0.4) is 0 Å².